The van der Waals surface area contributed by atoms with Crippen molar-refractivity contribution in [3.8, 4) is 11.5 Å². The maximum Gasteiger partial charge on any atom is 0.433 e. The van der Waals surface area contributed by atoms with E-state index in [0.717, 1.165) is 27.1 Å². The maximum atomic E-state index is 13.1. The normalized spacial score (nSPS) is 11.9. The van der Waals surface area contributed by atoms with Gasteiger partial charge < -0.3 is 20.3 Å². The summed E-state index contributed by atoms with van der Waals surface area (Å²) in [6.45, 7) is 4.90. The molecule has 0 aliphatic carbocycles. The van der Waals surface area contributed by atoms with Crippen molar-refractivity contribution in [3.05, 3.63) is 35.5 Å². The highest BCUT2D eigenvalue weighted by atomic mass is 19.4. The van der Waals surface area contributed by atoms with E-state index in [2.05, 4.69) is 10.3 Å². The summed E-state index contributed by atoms with van der Waals surface area (Å²) in [6.07, 6.45) is 0.886. The number of hydrogen-bond acceptors (Lipinski definition) is 5. The molecule has 0 saturated carbocycles. The third kappa shape index (κ3) is 7.90. The highest BCUT2D eigenvalue weighted by Gasteiger charge is 2.38. The fraction of sp³-hybridized carbons (Fsp3) is 0.526. The predicted molar refractivity (Wildman–Crippen MR) is 102 cm³/mol. The second kappa shape index (κ2) is 13.0. The zero-order chi connectivity index (χ0) is 20.9. The molecule has 0 atom stereocenters. The lowest BCUT2D eigenvalue weighted by molar-refractivity contribution is -0.0582. The topological polar surface area (TPSA) is 74.1 Å². The molecule has 1 aromatic carbocycles. The molecule has 0 saturated heterocycles. The number of aromatic hydroxyl groups is 1. The molecule has 0 aliphatic heterocycles. The quantitative estimate of drug-likeness (QED) is 0.443. The van der Waals surface area contributed by atoms with Crippen LogP contribution in [0.25, 0.3) is 0 Å². The van der Waals surface area contributed by atoms with Crippen LogP contribution in [0.2, 0.25) is 0 Å². The molecule has 0 aliphatic rings. The number of aliphatic imine (C=N–C) groups is 1. The van der Waals surface area contributed by atoms with Crippen LogP contribution in [0.15, 0.2) is 29.4 Å². The second-order valence-corrected chi connectivity index (χ2v) is 5.41. The van der Waals surface area contributed by atoms with E-state index in [-0.39, 0.29) is 5.56 Å². The van der Waals surface area contributed by atoms with E-state index in [1.54, 1.807) is 0 Å². The first-order valence-electron chi connectivity index (χ1n) is 8.68. The number of aliphatic hydroxyl groups excluding tert-OH is 1. The number of phenolic OH excluding ortho intramolecular Hbond substituents is 1. The molecule has 0 unspecified atom stereocenters. The fourth-order valence-electron chi connectivity index (χ4n) is 2.39. The lowest BCUT2D eigenvalue weighted by Gasteiger charge is -2.17. The van der Waals surface area contributed by atoms with Crippen molar-refractivity contribution in [1.82, 2.24) is 5.32 Å². The van der Waals surface area contributed by atoms with Crippen molar-refractivity contribution in [1.29, 1.82) is 0 Å². The number of hydrogen-bond donors (Lipinski definition) is 3. The van der Waals surface area contributed by atoms with E-state index >= 15 is 0 Å². The van der Waals surface area contributed by atoms with Gasteiger partial charge in [0, 0.05) is 31.8 Å². The molecule has 0 heterocycles. The average molecular weight is 390 g/mol. The van der Waals surface area contributed by atoms with Gasteiger partial charge in [-0.1, -0.05) is 19.4 Å². The molecule has 1 rings (SSSR count). The maximum absolute atomic E-state index is 13.1. The number of aliphatic hydroxyl groups is 1. The summed E-state index contributed by atoms with van der Waals surface area (Å²) in [4.78, 5) is 3.30. The second-order valence-electron chi connectivity index (χ2n) is 5.41. The summed E-state index contributed by atoms with van der Waals surface area (Å²) in [7, 11) is 2.06. The van der Waals surface area contributed by atoms with E-state index < -0.39 is 17.6 Å². The van der Waals surface area contributed by atoms with Crippen LogP contribution in [0.4, 0.5) is 13.2 Å². The number of alkyl halides is 3. The number of phenols is 1. The Morgan fingerprint density at radius 3 is 2.48 bits per heavy atom. The molecule has 0 amide bonds. The van der Waals surface area contributed by atoms with Crippen LogP contribution in [-0.4, -0.2) is 49.4 Å². The fourth-order valence-corrected chi connectivity index (χ4v) is 2.39. The van der Waals surface area contributed by atoms with Crippen molar-refractivity contribution in [2.45, 2.75) is 39.3 Å². The minimum atomic E-state index is -4.63. The van der Waals surface area contributed by atoms with Crippen molar-refractivity contribution < 1.29 is 28.1 Å². The number of nitrogens with one attached hydrogen (secondary N) is 1. The van der Waals surface area contributed by atoms with Crippen molar-refractivity contribution in [2.75, 3.05) is 27.3 Å². The third-order valence-electron chi connectivity index (χ3n) is 3.49. The van der Waals surface area contributed by atoms with Gasteiger partial charge in [0.05, 0.1) is 6.61 Å². The van der Waals surface area contributed by atoms with Gasteiger partial charge >= 0.3 is 6.18 Å². The smallest absolute Gasteiger partial charge is 0.433 e. The van der Waals surface area contributed by atoms with Crippen LogP contribution in [-0.2, 0) is 6.42 Å². The Bertz CT molecular complexity index is 615. The molecule has 3 N–H and O–H groups in total. The number of allylic oxidation sites excluding steroid dienone is 1. The Labute approximate surface area is 158 Å². The van der Waals surface area contributed by atoms with Gasteiger partial charge in [-0.25, -0.2) is 0 Å². The molecule has 1 aromatic rings. The Hall–Kier alpha value is -2.22. The Kier molecular flexibility index (Phi) is 12.0. The van der Waals surface area contributed by atoms with Gasteiger partial charge in [0.1, 0.15) is 17.2 Å². The molecule has 5 nitrogen and oxygen atoms in total. The summed E-state index contributed by atoms with van der Waals surface area (Å²) in [5.74, 6) is -0.00363. The van der Waals surface area contributed by atoms with Crippen LogP contribution in [0, 0.1) is 0 Å². The zero-order valence-corrected chi connectivity index (χ0v) is 16.2. The summed E-state index contributed by atoms with van der Waals surface area (Å²) < 4.78 is 44.9. The predicted octanol–water partition coefficient (Wildman–Crippen LogP) is 3.83. The Balaban J connectivity index is 0.00000326. The van der Waals surface area contributed by atoms with Gasteiger partial charge in [-0.2, -0.15) is 13.2 Å². The van der Waals surface area contributed by atoms with Crippen LogP contribution < -0.4 is 10.1 Å². The molecule has 0 spiro atoms. The third-order valence-corrected chi connectivity index (χ3v) is 3.49. The van der Waals surface area contributed by atoms with Gasteiger partial charge in [-0.05, 0) is 38.1 Å². The number of ether oxygens (including phenoxy) is 1. The van der Waals surface area contributed by atoms with E-state index in [9.17, 15) is 18.3 Å². The largest absolute Gasteiger partial charge is 0.507 e. The number of nitrogens with zero attached hydrogens (tertiary/aromatic N) is 1. The lowest BCUT2D eigenvalue weighted by Crippen LogP contribution is -2.24. The molecule has 0 fully saturated rings. The molecular weight excluding hydrogens is 361 g/mol. The number of rotatable bonds is 9. The van der Waals surface area contributed by atoms with Gasteiger partial charge in [0.15, 0.2) is 0 Å². The Morgan fingerprint density at radius 1 is 1.30 bits per heavy atom. The molecule has 27 heavy (non-hydrogen) atoms. The first-order valence-corrected chi connectivity index (χ1v) is 8.68. The van der Waals surface area contributed by atoms with E-state index in [0.29, 0.717) is 30.8 Å². The van der Waals surface area contributed by atoms with E-state index in [1.165, 1.54) is 12.1 Å². The minimum absolute atomic E-state index is 0.319. The van der Waals surface area contributed by atoms with Gasteiger partial charge in [0.25, 0.3) is 0 Å². The summed E-state index contributed by atoms with van der Waals surface area (Å²) in [5, 5.41) is 20.4. The monoisotopic (exact) mass is 390 g/mol. The molecule has 0 bridgehead atoms. The van der Waals surface area contributed by atoms with Gasteiger partial charge in [0.2, 0.25) is 0 Å². The first kappa shape index (κ1) is 24.8. The van der Waals surface area contributed by atoms with Gasteiger partial charge in [-0.3, -0.25) is 4.99 Å². The summed E-state index contributed by atoms with van der Waals surface area (Å²) >= 11 is 0. The molecule has 8 heteroatoms. The van der Waals surface area contributed by atoms with E-state index in [4.69, 9.17) is 9.84 Å². The highest BCUT2D eigenvalue weighted by Crippen LogP contribution is 2.36. The van der Waals surface area contributed by atoms with Crippen LogP contribution in [0.3, 0.4) is 0 Å². The SMILES string of the molecule is C/C=C/NCCCOc1ccc(C(=NC)C(F)(F)F)c(O)c1CCC.CO. The summed E-state index contributed by atoms with van der Waals surface area (Å²) in [6, 6.07) is 2.67. The van der Waals surface area contributed by atoms with Crippen molar-refractivity contribution >= 4 is 5.71 Å². The molecular formula is C19H29F3N2O3. The van der Waals surface area contributed by atoms with Gasteiger partial charge in [-0.15, -0.1) is 0 Å². The minimum Gasteiger partial charge on any atom is -0.507 e. The first-order chi connectivity index (χ1) is 12.9. The molecule has 154 valence electrons. The number of halogens is 3. The van der Waals surface area contributed by atoms with Crippen LogP contribution in [0.5, 0.6) is 11.5 Å². The summed E-state index contributed by atoms with van der Waals surface area (Å²) in [5.41, 5.74) is -1.03. The van der Waals surface area contributed by atoms with E-state index in [1.807, 2.05) is 26.1 Å². The molecule has 0 radical (unpaired) electrons. The van der Waals surface area contributed by atoms with Crippen LogP contribution in [0.1, 0.15) is 37.8 Å². The molecule has 0 aromatic heterocycles. The number of benzene rings is 1. The Morgan fingerprint density at radius 2 is 1.96 bits per heavy atom. The highest BCUT2D eigenvalue weighted by molar-refractivity contribution is 6.07. The van der Waals surface area contributed by atoms with Crippen molar-refractivity contribution in [2.24, 2.45) is 4.99 Å². The average Bonchev–Trinajstić information content (AvgIpc) is 2.63. The zero-order valence-electron chi connectivity index (χ0n) is 16.2. The lowest BCUT2D eigenvalue weighted by atomic mass is 10.00. The standard InChI is InChI=1S/C18H25F3N2O2.CH4O/c1-4-7-13-15(25-12-6-11-23-10-5-2)9-8-14(16(13)24)17(22-3)18(19,20)21;1-2/h5,8-10,23-24H,4,6-7,11-12H2,1-3H3;2H,1H3/b10-5+,22-17?;. The van der Waals surface area contributed by atoms with Crippen LogP contribution >= 0.6 is 0 Å². The van der Waals surface area contributed by atoms with Crippen molar-refractivity contribution in [3.63, 3.8) is 0 Å².